The molecule has 0 aliphatic carbocycles. The molecular weight excluding hydrogens is 344 g/mol. The SMILES string of the molecule is C[C@H](OC(=O)Cc1noc2ccccc12)C(=O)Nc1ccc(Cl)cc1. The molecule has 128 valence electrons. The molecule has 1 amide bonds. The summed E-state index contributed by atoms with van der Waals surface area (Å²) in [5.41, 5.74) is 1.64. The minimum Gasteiger partial charge on any atom is -0.452 e. The van der Waals surface area contributed by atoms with E-state index in [1.165, 1.54) is 6.92 Å². The first kappa shape index (κ1) is 17.0. The molecule has 0 bridgehead atoms. The van der Waals surface area contributed by atoms with Gasteiger partial charge in [0.1, 0.15) is 5.69 Å². The van der Waals surface area contributed by atoms with Crippen LogP contribution in [-0.2, 0) is 20.7 Å². The fourth-order valence-electron chi connectivity index (χ4n) is 2.27. The van der Waals surface area contributed by atoms with Crippen LogP contribution in [0.15, 0.2) is 53.1 Å². The summed E-state index contributed by atoms with van der Waals surface area (Å²) < 4.78 is 10.3. The van der Waals surface area contributed by atoms with Crippen molar-refractivity contribution in [1.29, 1.82) is 0 Å². The van der Waals surface area contributed by atoms with Crippen LogP contribution >= 0.6 is 11.6 Å². The van der Waals surface area contributed by atoms with E-state index in [0.29, 0.717) is 22.0 Å². The number of anilines is 1. The second kappa shape index (κ2) is 7.36. The molecule has 3 rings (SSSR count). The third-order valence-electron chi connectivity index (χ3n) is 3.55. The van der Waals surface area contributed by atoms with Crippen molar-refractivity contribution in [2.75, 3.05) is 5.32 Å². The highest BCUT2D eigenvalue weighted by atomic mass is 35.5. The van der Waals surface area contributed by atoms with E-state index in [0.717, 1.165) is 5.39 Å². The summed E-state index contributed by atoms with van der Waals surface area (Å²) in [4.78, 5) is 24.2. The van der Waals surface area contributed by atoms with Gasteiger partial charge in [-0.2, -0.15) is 0 Å². The quantitative estimate of drug-likeness (QED) is 0.705. The maximum absolute atomic E-state index is 12.1. The lowest BCUT2D eigenvalue weighted by Crippen LogP contribution is -2.30. The standard InChI is InChI=1S/C18H15ClN2O4/c1-11(18(23)20-13-8-6-12(19)7-9-13)24-17(22)10-15-14-4-2-3-5-16(14)25-21-15/h2-9,11H,10H2,1H3,(H,20,23)/t11-/m0/s1. The Kier molecular flexibility index (Phi) is 5.00. The van der Waals surface area contributed by atoms with Gasteiger partial charge in [-0.05, 0) is 43.3 Å². The van der Waals surface area contributed by atoms with Gasteiger partial charge >= 0.3 is 5.97 Å². The van der Waals surface area contributed by atoms with E-state index in [1.54, 1.807) is 30.3 Å². The first-order chi connectivity index (χ1) is 12.0. The van der Waals surface area contributed by atoms with Crippen molar-refractivity contribution >= 4 is 40.1 Å². The molecule has 0 aliphatic rings. The number of nitrogens with zero attached hydrogens (tertiary/aromatic N) is 1. The molecule has 3 aromatic rings. The zero-order valence-electron chi connectivity index (χ0n) is 13.4. The van der Waals surface area contributed by atoms with Gasteiger partial charge in [-0.1, -0.05) is 28.9 Å². The summed E-state index contributed by atoms with van der Waals surface area (Å²) in [6.07, 6.45) is -1.02. The number of benzene rings is 2. The average molecular weight is 359 g/mol. The van der Waals surface area contributed by atoms with E-state index in [1.807, 2.05) is 18.2 Å². The zero-order chi connectivity index (χ0) is 17.8. The second-order valence-electron chi connectivity index (χ2n) is 5.43. The Morgan fingerprint density at radius 2 is 1.92 bits per heavy atom. The van der Waals surface area contributed by atoms with Crippen LogP contribution in [0.4, 0.5) is 5.69 Å². The number of rotatable bonds is 5. The highest BCUT2D eigenvalue weighted by Gasteiger charge is 2.20. The Labute approximate surface area is 148 Å². The fraction of sp³-hybridized carbons (Fsp3) is 0.167. The van der Waals surface area contributed by atoms with Crippen molar-refractivity contribution in [3.8, 4) is 0 Å². The molecule has 0 aliphatic heterocycles. The molecule has 1 heterocycles. The Bertz CT molecular complexity index is 905. The number of fused-ring (bicyclic) bond motifs is 1. The van der Waals surface area contributed by atoms with Gasteiger partial charge in [-0.25, -0.2) is 0 Å². The molecule has 1 N–H and O–H groups in total. The molecule has 6 nitrogen and oxygen atoms in total. The van der Waals surface area contributed by atoms with Crippen LogP contribution in [0, 0.1) is 0 Å². The second-order valence-corrected chi connectivity index (χ2v) is 5.87. The van der Waals surface area contributed by atoms with Crippen molar-refractivity contribution in [3.63, 3.8) is 0 Å². The molecule has 0 saturated heterocycles. The molecule has 1 atom stereocenters. The number of ether oxygens (including phenoxy) is 1. The lowest BCUT2D eigenvalue weighted by molar-refractivity contribution is -0.152. The lowest BCUT2D eigenvalue weighted by Gasteiger charge is -2.13. The Balaban J connectivity index is 1.58. The number of aromatic nitrogens is 1. The fourth-order valence-corrected chi connectivity index (χ4v) is 2.40. The van der Waals surface area contributed by atoms with E-state index >= 15 is 0 Å². The predicted octanol–water partition coefficient (Wildman–Crippen LogP) is 3.59. The summed E-state index contributed by atoms with van der Waals surface area (Å²) in [5.74, 6) is -0.988. The summed E-state index contributed by atoms with van der Waals surface area (Å²) in [7, 11) is 0. The van der Waals surface area contributed by atoms with Crippen LogP contribution in [0.1, 0.15) is 12.6 Å². The summed E-state index contributed by atoms with van der Waals surface area (Å²) in [5, 5.41) is 7.84. The van der Waals surface area contributed by atoms with Crippen molar-refractivity contribution in [2.45, 2.75) is 19.4 Å². The smallest absolute Gasteiger partial charge is 0.312 e. The molecule has 0 spiro atoms. The van der Waals surface area contributed by atoms with Crippen LogP contribution in [0.5, 0.6) is 0 Å². The molecule has 0 radical (unpaired) electrons. The lowest BCUT2D eigenvalue weighted by atomic mass is 10.2. The van der Waals surface area contributed by atoms with Crippen molar-refractivity contribution in [2.24, 2.45) is 0 Å². The molecular formula is C18H15ClN2O4. The molecule has 25 heavy (non-hydrogen) atoms. The third-order valence-corrected chi connectivity index (χ3v) is 3.81. The van der Waals surface area contributed by atoms with Crippen molar-refractivity contribution in [1.82, 2.24) is 5.16 Å². The molecule has 2 aromatic carbocycles. The van der Waals surface area contributed by atoms with Crippen molar-refractivity contribution < 1.29 is 18.8 Å². The van der Waals surface area contributed by atoms with Gasteiger partial charge in [-0.3, -0.25) is 9.59 Å². The zero-order valence-corrected chi connectivity index (χ0v) is 14.1. The van der Waals surface area contributed by atoms with Gasteiger partial charge in [-0.15, -0.1) is 0 Å². The third kappa shape index (κ3) is 4.16. The van der Waals surface area contributed by atoms with Gasteiger partial charge in [0.2, 0.25) is 0 Å². The molecule has 0 unspecified atom stereocenters. The topological polar surface area (TPSA) is 81.4 Å². The minimum atomic E-state index is -0.943. The van der Waals surface area contributed by atoms with Gasteiger partial charge in [0, 0.05) is 16.1 Å². The first-order valence-corrected chi connectivity index (χ1v) is 8.00. The number of hydrogen-bond donors (Lipinski definition) is 1. The van der Waals surface area contributed by atoms with Crippen LogP contribution in [0.25, 0.3) is 11.0 Å². The van der Waals surface area contributed by atoms with Gasteiger partial charge in [0.05, 0.1) is 6.42 Å². The Morgan fingerprint density at radius 3 is 2.68 bits per heavy atom. The average Bonchev–Trinajstić information content (AvgIpc) is 3.00. The first-order valence-electron chi connectivity index (χ1n) is 7.62. The van der Waals surface area contributed by atoms with Crippen LogP contribution in [-0.4, -0.2) is 23.1 Å². The van der Waals surface area contributed by atoms with Crippen LogP contribution in [0.2, 0.25) is 5.02 Å². The number of carbonyl (C=O) groups excluding carboxylic acids is 2. The Morgan fingerprint density at radius 1 is 1.20 bits per heavy atom. The molecule has 1 aromatic heterocycles. The maximum Gasteiger partial charge on any atom is 0.312 e. The summed E-state index contributed by atoms with van der Waals surface area (Å²) in [6.45, 7) is 1.50. The Hall–Kier alpha value is -2.86. The van der Waals surface area contributed by atoms with Gasteiger partial charge in [0.25, 0.3) is 5.91 Å². The molecule has 0 saturated carbocycles. The van der Waals surface area contributed by atoms with Crippen LogP contribution in [0.3, 0.4) is 0 Å². The minimum absolute atomic E-state index is 0.0738. The number of amides is 1. The number of hydrogen-bond acceptors (Lipinski definition) is 5. The summed E-state index contributed by atoms with van der Waals surface area (Å²) in [6, 6.07) is 13.9. The van der Waals surface area contributed by atoms with E-state index in [4.69, 9.17) is 20.9 Å². The van der Waals surface area contributed by atoms with E-state index < -0.39 is 18.0 Å². The number of halogens is 1. The van der Waals surface area contributed by atoms with Gasteiger partial charge < -0.3 is 14.6 Å². The van der Waals surface area contributed by atoms with E-state index in [-0.39, 0.29) is 6.42 Å². The maximum atomic E-state index is 12.1. The summed E-state index contributed by atoms with van der Waals surface area (Å²) >= 11 is 5.79. The highest BCUT2D eigenvalue weighted by Crippen LogP contribution is 2.19. The number of carbonyl (C=O) groups is 2. The molecule has 0 fully saturated rings. The number of para-hydroxylation sites is 1. The van der Waals surface area contributed by atoms with Gasteiger partial charge in [0.15, 0.2) is 11.7 Å². The monoisotopic (exact) mass is 358 g/mol. The molecule has 7 heteroatoms. The number of esters is 1. The number of nitrogens with one attached hydrogen (secondary N) is 1. The normalized spacial score (nSPS) is 11.9. The van der Waals surface area contributed by atoms with E-state index in [9.17, 15) is 9.59 Å². The highest BCUT2D eigenvalue weighted by molar-refractivity contribution is 6.30. The van der Waals surface area contributed by atoms with Crippen LogP contribution < -0.4 is 5.32 Å². The van der Waals surface area contributed by atoms with Crippen molar-refractivity contribution in [3.05, 3.63) is 59.2 Å². The van der Waals surface area contributed by atoms with E-state index in [2.05, 4.69) is 10.5 Å². The predicted molar refractivity (Wildman–Crippen MR) is 93.3 cm³/mol. The largest absolute Gasteiger partial charge is 0.452 e.